The molecule has 0 aliphatic carbocycles. The number of anilines is 1. The van der Waals surface area contributed by atoms with Crippen LogP contribution in [0, 0.1) is 0 Å². The lowest BCUT2D eigenvalue weighted by molar-refractivity contribution is 0.0691. The van der Waals surface area contributed by atoms with E-state index in [4.69, 9.17) is 4.42 Å². The van der Waals surface area contributed by atoms with Gasteiger partial charge in [-0.15, -0.1) is 0 Å². The molecule has 0 spiro atoms. The van der Waals surface area contributed by atoms with Gasteiger partial charge in [0.25, 0.3) is 0 Å². The zero-order chi connectivity index (χ0) is 18.4. The Balaban J connectivity index is 1.97. The zero-order valence-electron chi connectivity index (χ0n) is 14.6. The summed E-state index contributed by atoms with van der Waals surface area (Å²) in [7, 11) is 1.92. The molecule has 4 aromatic rings. The van der Waals surface area contributed by atoms with Crippen LogP contribution < -0.4 is 4.90 Å². The largest absolute Gasteiger partial charge is 0.477 e. The molecule has 3 aromatic heterocycles. The fourth-order valence-electron chi connectivity index (χ4n) is 2.80. The number of H-pyrrole nitrogens is 1. The van der Waals surface area contributed by atoms with Crippen LogP contribution in [0.15, 0.2) is 40.8 Å². The van der Waals surface area contributed by atoms with E-state index in [0.717, 1.165) is 11.0 Å². The molecular formula is C19H18N4O3. The molecule has 7 nitrogen and oxygen atoms in total. The van der Waals surface area contributed by atoms with Crippen LogP contribution in [0.3, 0.4) is 0 Å². The quantitative estimate of drug-likeness (QED) is 0.579. The summed E-state index contributed by atoms with van der Waals surface area (Å²) in [6.07, 6.45) is 0. The topological polar surface area (TPSA) is 95.2 Å². The molecule has 26 heavy (non-hydrogen) atoms. The van der Waals surface area contributed by atoms with Crippen molar-refractivity contribution in [3.63, 3.8) is 0 Å². The molecule has 0 aliphatic rings. The molecule has 0 unspecified atom stereocenters. The van der Waals surface area contributed by atoms with Crippen LogP contribution in [0.1, 0.15) is 24.3 Å². The van der Waals surface area contributed by atoms with Gasteiger partial charge in [-0.3, -0.25) is 0 Å². The Labute approximate surface area is 149 Å². The highest BCUT2D eigenvalue weighted by Crippen LogP contribution is 2.33. The second kappa shape index (κ2) is 5.87. The number of carbonyl (C=O) groups is 1. The van der Waals surface area contributed by atoms with Gasteiger partial charge < -0.3 is 19.4 Å². The number of fused-ring (bicyclic) bond motifs is 2. The summed E-state index contributed by atoms with van der Waals surface area (Å²) < 4.78 is 5.97. The number of aromatic nitrogens is 3. The number of carboxylic acid groups (broad SMARTS) is 1. The van der Waals surface area contributed by atoms with E-state index in [9.17, 15) is 9.90 Å². The van der Waals surface area contributed by atoms with Crippen molar-refractivity contribution in [2.24, 2.45) is 0 Å². The standard InChI is InChI=1S/C19H18N4O3/c1-10(2)23(3)18-16(15-8-11-6-4-5-7-14(11)26-15)20-12-9-13(19(24)25)21-17(12)22-18/h4-10H,1-3H3,(H,21,22)(H,24,25). The molecule has 0 aliphatic heterocycles. The number of benzene rings is 1. The van der Waals surface area contributed by atoms with E-state index in [1.54, 1.807) is 0 Å². The van der Waals surface area contributed by atoms with Crippen molar-refractivity contribution in [1.82, 2.24) is 15.0 Å². The van der Waals surface area contributed by atoms with Gasteiger partial charge >= 0.3 is 5.97 Å². The van der Waals surface area contributed by atoms with E-state index in [1.165, 1.54) is 6.07 Å². The number of nitrogens with one attached hydrogen (secondary N) is 1. The number of hydrogen-bond donors (Lipinski definition) is 2. The minimum absolute atomic E-state index is 0.0555. The zero-order valence-corrected chi connectivity index (χ0v) is 14.6. The van der Waals surface area contributed by atoms with Gasteiger partial charge in [0.1, 0.15) is 22.5 Å². The summed E-state index contributed by atoms with van der Waals surface area (Å²) in [5.74, 6) is 0.181. The van der Waals surface area contributed by atoms with Crippen LogP contribution in [0.2, 0.25) is 0 Å². The van der Waals surface area contributed by atoms with Crippen molar-refractivity contribution in [2.45, 2.75) is 19.9 Å². The monoisotopic (exact) mass is 350 g/mol. The summed E-state index contributed by atoms with van der Waals surface area (Å²) in [6, 6.07) is 11.3. The Morgan fingerprint density at radius 2 is 2.00 bits per heavy atom. The molecule has 0 bridgehead atoms. The number of carboxylic acids is 1. The normalized spacial score (nSPS) is 11.5. The highest BCUT2D eigenvalue weighted by molar-refractivity contribution is 5.93. The summed E-state index contributed by atoms with van der Waals surface area (Å²) in [6.45, 7) is 4.09. The maximum atomic E-state index is 11.3. The van der Waals surface area contributed by atoms with Crippen LogP contribution >= 0.6 is 0 Å². The smallest absolute Gasteiger partial charge is 0.352 e. The number of hydrogen-bond acceptors (Lipinski definition) is 5. The van der Waals surface area contributed by atoms with Gasteiger partial charge in [0, 0.05) is 18.5 Å². The molecule has 0 radical (unpaired) electrons. The van der Waals surface area contributed by atoms with Gasteiger partial charge in [-0.25, -0.2) is 14.8 Å². The fourth-order valence-corrected chi connectivity index (χ4v) is 2.80. The Morgan fingerprint density at radius 1 is 1.23 bits per heavy atom. The average Bonchev–Trinajstić information content (AvgIpc) is 3.23. The predicted octanol–water partition coefficient (Wildman–Crippen LogP) is 3.91. The lowest BCUT2D eigenvalue weighted by Gasteiger charge is -2.23. The van der Waals surface area contributed by atoms with Crippen molar-refractivity contribution in [2.75, 3.05) is 11.9 Å². The van der Waals surface area contributed by atoms with Crippen molar-refractivity contribution in [1.29, 1.82) is 0 Å². The van der Waals surface area contributed by atoms with Crippen LogP contribution in [0.5, 0.6) is 0 Å². The third-order valence-corrected chi connectivity index (χ3v) is 4.44. The SMILES string of the molecule is CC(C)N(C)c1nc2[nH]c(C(=O)O)cc2nc1-c1cc2ccccc2o1. The first-order valence-corrected chi connectivity index (χ1v) is 8.30. The number of rotatable bonds is 4. The Kier molecular flexibility index (Phi) is 3.64. The summed E-state index contributed by atoms with van der Waals surface area (Å²) in [4.78, 5) is 25.3. The summed E-state index contributed by atoms with van der Waals surface area (Å²) in [5, 5.41) is 10.2. The van der Waals surface area contributed by atoms with E-state index >= 15 is 0 Å². The number of aromatic carboxylic acids is 1. The van der Waals surface area contributed by atoms with Gasteiger partial charge in [-0.05, 0) is 32.0 Å². The van der Waals surface area contributed by atoms with E-state index in [-0.39, 0.29) is 11.7 Å². The minimum atomic E-state index is -1.05. The van der Waals surface area contributed by atoms with Crippen LogP contribution in [-0.4, -0.2) is 39.1 Å². The third-order valence-electron chi connectivity index (χ3n) is 4.44. The third kappa shape index (κ3) is 2.57. The Hall–Kier alpha value is -3.35. The Morgan fingerprint density at radius 3 is 2.69 bits per heavy atom. The first-order chi connectivity index (χ1) is 12.4. The van der Waals surface area contributed by atoms with E-state index in [0.29, 0.717) is 28.4 Å². The first-order valence-electron chi connectivity index (χ1n) is 8.30. The van der Waals surface area contributed by atoms with Crippen molar-refractivity contribution >= 4 is 33.9 Å². The van der Waals surface area contributed by atoms with Gasteiger partial charge in [0.15, 0.2) is 17.2 Å². The predicted molar refractivity (Wildman–Crippen MR) is 99.6 cm³/mol. The molecule has 2 N–H and O–H groups in total. The number of aromatic amines is 1. The molecule has 0 fully saturated rings. The maximum absolute atomic E-state index is 11.3. The van der Waals surface area contributed by atoms with Gasteiger partial charge in [0.05, 0.1) is 0 Å². The Bertz CT molecular complexity index is 1090. The molecule has 0 saturated heterocycles. The molecule has 132 valence electrons. The molecule has 4 rings (SSSR count). The minimum Gasteiger partial charge on any atom is -0.477 e. The fraction of sp³-hybridized carbons (Fsp3) is 0.211. The van der Waals surface area contributed by atoms with Gasteiger partial charge in [0.2, 0.25) is 0 Å². The van der Waals surface area contributed by atoms with Crippen LogP contribution in [0.25, 0.3) is 33.6 Å². The number of furan rings is 1. The van der Waals surface area contributed by atoms with Crippen molar-refractivity contribution in [3.8, 4) is 11.5 Å². The molecule has 0 atom stereocenters. The van der Waals surface area contributed by atoms with E-state index < -0.39 is 5.97 Å². The van der Waals surface area contributed by atoms with Gasteiger partial charge in [-0.2, -0.15) is 0 Å². The lowest BCUT2D eigenvalue weighted by atomic mass is 10.2. The summed E-state index contributed by atoms with van der Waals surface area (Å²) in [5.41, 5.74) is 2.33. The van der Waals surface area contributed by atoms with Crippen molar-refractivity contribution < 1.29 is 14.3 Å². The van der Waals surface area contributed by atoms with E-state index in [1.807, 2.05) is 56.1 Å². The van der Waals surface area contributed by atoms with Gasteiger partial charge in [-0.1, -0.05) is 18.2 Å². The number of nitrogens with zero attached hydrogens (tertiary/aromatic N) is 3. The second-order valence-electron chi connectivity index (χ2n) is 6.47. The molecule has 3 heterocycles. The molecule has 7 heteroatoms. The second-order valence-corrected chi connectivity index (χ2v) is 6.47. The van der Waals surface area contributed by atoms with Crippen LogP contribution in [-0.2, 0) is 0 Å². The highest BCUT2D eigenvalue weighted by atomic mass is 16.4. The first kappa shape index (κ1) is 16.1. The average molecular weight is 350 g/mol. The van der Waals surface area contributed by atoms with E-state index in [2.05, 4.69) is 15.0 Å². The maximum Gasteiger partial charge on any atom is 0.352 e. The summed E-state index contributed by atoms with van der Waals surface area (Å²) >= 11 is 0. The molecule has 0 amide bonds. The molecule has 0 saturated carbocycles. The molecular weight excluding hydrogens is 332 g/mol. The van der Waals surface area contributed by atoms with Crippen LogP contribution in [0.4, 0.5) is 5.82 Å². The number of para-hydroxylation sites is 1. The van der Waals surface area contributed by atoms with Crippen molar-refractivity contribution in [3.05, 3.63) is 42.1 Å². The lowest BCUT2D eigenvalue weighted by Crippen LogP contribution is -2.27. The molecule has 1 aromatic carbocycles. The highest BCUT2D eigenvalue weighted by Gasteiger charge is 2.21.